The Bertz CT molecular complexity index is 58.9. The minimum atomic E-state index is 0. The van der Waals surface area contributed by atoms with Gasteiger partial charge in [0.2, 0.25) is 0 Å². The summed E-state index contributed by atoms with van der Waals surface area (Å²) in [6.45, 7) is 0.323. The number of thiol groups is 1. The lowest BCUT2D eigenvalue weighted by molar-refractivity contribution is 0.247. The highest BCUT2D eigenvalue weighted by Crippen LogP contribution is 1.76. The summed E-state index contributed by atoms with van der Waals surface area (Å²) in [5, 5.41) is 6.90. The fourth-order valence-corrected chi connectivity index (χ4v) is 0.266. The van der Waals surface area contributed by atoms with Crippen LogP contribution in [0.1, 0.15) is 0 Å². The number of hydrogen-bond acceptors (Lipinski definition) is 2. The van der Waals surface area contributed by atoms with Crippen LogP contribution in [0.15, 0.2) is 0 Å². The van der Waals surface area contributed by atoms with Crippen molar-refractivity contribution in [2.45, 2.75) is 0 Å². The van der Waals surface area contributed by atoms with E-state index < -0.39 is 0 Å². The molecule has 0 aromatic rings. The SMILES string of the molecule is Br.COCC(=N)S. The molecule has 0 fully saturated rings. The molecule has 0 radical (unpaired) electrons. The molecule has 0 bridgehead atoms. The highest BCUT2D eigenvalue weighted by molar-refractivity contribution is 8.93. The molecule has 0 aromatic carbocycles. The number of ether oxygens (including phenoxy) is 1. The Morgan fingerprint density at radius 2 is 2.29 bits per heavy atom. The third-order valence-corrected chi connectivity index (χ3v) is 0.410. The Morgan fingerprint density at radius 1 is 1.86 bits per heavy atom. The molecule has 1 N–H and O–H groups in total. The van der Waals surface area contributed by atoms with Gasteiger partial charge in [-0.3, -0.25) is 5.41 Å². The van der Waals surface area contributed by atoms with Gasteiger partial charge < -0.3 is 4.74 Å². The minimum absolute atomic E-state index is 0. The van der Waals surface area contributed by atoms with Gasteiger partial charge >= 0.3 is 0 Å². The van der Waals surface area contributed by atoms with Crippen molar-refractivity contribution in [2.75, 3.05) is 13.7 Å². The Hall–Kier alpha value is 0.460. The van der Waals surface area contributed by atoms with Gasteiger partial charge in [0.05, 0.1) is 11.7 Å². The molecule has 0 atom stereocenters. The molecule has 0 saturated carbocycles. The first-order valence-electron chi connectivity index (χ1n) is 1.52. The van der Waals surface area contributed by atoms with Gasteiger partial charge in [0.25, 0.3) is 0 Å². The molecular formula is C3H8BrNOS. The number of hydrogen-bond donors (Lipinski definition) is 2. The number of nitrogens with one attached hydrogen (secondary N) is 1. The molecule has 0 rings (SSSR count). The monoisotopic (exact) mass is 185 g/mol. The molecule has 7 heavy (non-hydrogen) atoms. The zero-order valence-corrected chi connectivity index (χ0v) is 6.58. The molecule has 0 aliphatic rings. The minimum Gasteiger partial charge on any atom is -0.378 e. The lowest BCUT2D eigenvalue weighted by Crippen LogP contribution is -1.94. The van der Waals surface area contributed by atoms with Crippen molar-refractivity contribution in [1.82, 2.24) is 0 Å². The second-order valence-corrected chi connectivity index (χ2v) is 1.42. The van der Waals surface area contributed by atoms with Crippen LogP contribution in [0.2, 0.25) is 0 Å². The van der Waals surface area contributed by atoms with Crippen molar-refractivity contribution in [3.05, 3.63) is 0 Å². The maximum absolute atomic E-state index is 6.63. The third-order valence-electron chi connectivity index (χ3n) is 0.281. The van der Waals surface area contributed by atoms with E-state index in [0.717, 1.165) is 0 Å². The van der Waals surface area contributed by atoms with Crippen molar-refractivity contribution in [2.24, 2.45) is 0 Å². The summed E-state index contributed by atoms with van der Waals surface area (Å²) in [4.78, 5) is 0. The molecule has 0 aliphatic carbocycles. The fraction of sp³-hybridized carbons (Fsp3) is 0.667. The first-order valence-corrected chi connectivity index (χ1v) is 1.97. The van der Waals surface area contributed by atoms with Crippen LogP contribution in [-0.4, -0.2) is 18.8 Å². The standard InChI is InChI=1S/C3H7NOS.BrH/c1-5-2-3(4)6;/h2H2,1H3,(H2,4,6);1H. The molecule has 4 heteroatoms. The van der Waals surface area contributed by atoms with Crippen molar-refractivity contribution >= 4 is 34.7 Å². The van der Waals surface area contributed by atoms with Crippen LogP contribution in [0.4, 0.5) is 0 Å². The highest BCUT2D eigenvalue weighted by atomic mass is 79.9. The van der Waals surface area contributed by atoms with Crippen LogP contribution >= 0.6 is 29.6 Å². The summed E-state index contributed by atoms with van der Waals surface area (Å²) in [5.74, 6) is 0. The number of methoxy groups -OCH3 is 1. The Balaban J connectivity index is 0. The second-order valence-electron chi connectivity index (χ2n) is 0.880. The van der Waals surface area contributed by atoms with E-state index in [1.165, 1.54) is 7.11 Å². The Morgan fingerprint density at radius 3 is 2.29 bits per heavy atom. The Labute approximate surface area is 58.9 Å². The molecule has 44 valence electrons. The average molecular weight is 186 g/mol. The second kappa shape index (κ2) is 6.46. The summed E-state index contributed by atoms with van der Waals surface area (Å²) in [6, 6.07) is 0. The quantitative estimate of drug-likeness (QED) is 0.378. The van der Waals surface area contributed by atoms with E-state index in [2.05, 4.69) is 17.4 Å². The maximum atomic E-state index is 6.63. The largest absolute Gasteiger partial charge is 0.378 e. The van der Waals surface area contributed by atoms with Crippen molar-refractivity contribution < 1.29 is 4.74 Å². The molecule has 0 amide bonds. The zero-order chi connectivity index (χ0) is 4.99. The van der Waals surface area contributed by atoms with E-state index in [0.29, 0.717) is 6.61 Å². The van der Waals surface area contributed by atoms with Crippen LogP contribution in [0.3, 0.4) is 0 Å². The molecule has 0 spiro atoms. The lowest BCUT2D eigenvalue weighted by atomic mass is 10.8. The first-order chi connectivity index (χ1) is 2.77. The molecule has 0 heterocycles. The first kappa shape index (κ1) is 10.4. The normalized spacial score (nSPS) is 7.14. The van der Waals surface area contributed by atoms with Crippen molar-refractivity contribution in [1.29, 1.82) is 5.41 Å². The van der Waals surface area contributed by atoms with Gasteiger partial charge in [-0.2, -0.15) is 0 Å². The van der Waals surface area contributed by atoms with E-state index in [9.17, 15) is 0 Å². The summed E-state index contributed by atoms with van der Waals surface area (Å²) in [6.07, 6.45) is 0. The maximum Gasteiger partial charge on any atom is 0.0935 e. The highest BCUT2D eigenvalue weighted by Gasteiger charge is 1.79. The molecule has 0 aliphatic heterocycles. The number of halogens is 1. The van der Waals surface area contributed by atoms with Gasteiger partial charge in [-0.25, -0.2) is 0 Å². The van der Waals surface area contributed by atoms with Gasteiger partial charge in [-0.05, 0) is 0 Å². The fourth-order valence-electron chi connectivity index (χ4n) is 0.137. The topological polar surface area (TPSA) is 33.1 Å². The zero-order valence-electron chi connectivity index (χ0n) is 3.97. The van der Waals surface area contributed by atoms with Gasteiger partial charge in [-0.1, -0.05) is 0 Å². The molecule has 2 nitrogen and oxygen atoms in total. The van der Waals surface area contributed by atoms with E-state index in [4.69, 9.17) is 5.41 Å². The smallest absolute Gasteiger partial charge is 0.0935 e. The van der Waals surface area contributed by atoms with Gasteiger partial charge in [0, 0.05) is 7.11 Å². The van der Waals surface area contributed by atoms with Crippen LogP contribution < -0.4 is 0 Å². The van der Waals surface area contributed by atoms with E-state index >= 15 is 0 Å². The predicted molar refractivity (Wildman–Crippen MR) is 38.9 cm³/mol. The summed E-state index contributed by atoms with van der Waals surface area (Å²) >= 11 is 3.64. The summed E-state index contributed by atoms with van der Waals surface area (Å²) < 4.78 is 4.50. The van der Waals surface area contributed by atoms with Gasteiger partial charge in [0.15, 0.2) is 0 Å². The lowest BCUT2D eigenvalue weighted by Gasteiger charge is -1.87. The van der Waals surface area contributed by atoms with Crippen LogP contribution in [-0.2, 0) is 4.74 Å². The third kappa shape index (κ3) is 10.7. The average Bonchev–Trinajstić information content (AvgIpc) is 1.35. The van der Waals surface area contributed by atoms with Gasteiger partial charge in [0.1, 0.15) is 0 Å². The molecule has 0 saturated heterocycles. The molecule has 0 unspecified atom stereocenters. The van der Waals surface area contributed by atoms with E-state index in [1.54, 1.807) is 0 Å². The molecule has 0 aromatic heterocycles. The molecular weight excluding hydrogens is 178 g/mol. The van der Waals surface area contributed by atoms with Crippen molar-refractivity contribution in [3.8, 4) is 0 Å². The van der Waals surface area contributed by atoms with Crippen LogP contribution in [0.5, 0.6) is 0 Å². The van der Waals surface area contributed by atoms with E-state index in [1.807, 2.05) is 0 Å². The van der Waals surface area contributed by atoms with Gasteiger partial charge in [-0.15, -0.1) is 29.6 Å². The van der Waals surface area contributed by atoms with Crippen molar-refractivity contribution in [3.63, 3.8) is 0 Å². The van der Waals surface area contributed by atoms with Crippen LogP contribution in [0.25, 0.3) is 0 Å². The Kier molecular flexibility index (Phi) is 9.64. The summed E-state index contributed by atoms with van der Waals surface area (Å²) in [5.41, 5.74) is 0. The van der Waals surface area contributed by atoms with Crippen LogP contribution in [0, 0.1) is 5.41 Å². The predicted octanol–water partition coefficient (Wildman–Crippen LogP) is 1.12. The summed E-state index contributed by atoms with van der Waals surface area (Å²) in [7, 11) is 1.53. The van der Waals surface area contributed by atoms with E-state index in [-0.39, 0.29) is 22.0 Å². The number of rotatable bonds is 2.